The topological polar surface area (TPSA) is 79.2 Å². The second kappa shape index (κ2) is 7.78. The molecule has 0 bridgehead atoms. The molecule has 1 amide bonds. The van der Waals surface area contributed by atoms with E-state index in [4.69, 9.17) is 9.40 Å². The highest BCUT2D eigenvalue weighted by Crippen LogP contribution is 2.33. The minimum absolute atomic E-state index is 0.0709. The first-order chi connectivity index (χ1) is 14.2. The van der Waals surface area contributed by atoms with Crippen LogP contribution in [0.15, 0.2) is 27.6 Å². The summed E-state index contributed by atoms with van der Waals surface area (Å²) in [4.78, 5) is 37.7. The molecule has 5 rings (SSSR count). The number of thiophene rings is 1. The standard InChI is InChI=1S/C22H25N3O3S/c26-20-19-15-9-4-5-11-17(15)29-21(19)24-18(23-20)13-25(14-7-2-1-3-8-14)22(27)16-10-6-12-28-16/h6,10,12,14H,1-5,7-9,11,13H2,(H,23,24,26). The van der Waals surface area contributed by atoms with Gasteiger partial charge in [-0.15, -0.1) is 11.3 Å². The van der Waals surface area contributed by atoms with Crippen LogP contribution in [0.2, 0.25) is 0 Å². The molecule has 0 aromatic carbocycles. The number of hydrogen-bond acceptors (Lipinski definition) is 5. The monoisotopic (exact) mass is 411 g/mol. The summed E-state index contributed by atoms with van der Waals surface area (Å²) in [5.74, 6) is 0.771. The largest absolute Gasteiger partial charge is 0.459 e. The fourth-order valence-electron chi connectivity index (χ4n) is 4.75. The third-order valence-electron chi connectivity index (χ3n) is 6.20. The Kier molecular flexibility index (Phi) is 4.99. The Bertz CT molecular complexity index is 1080. The molecule has 3 aromatic rings. The van der Waals surface area contributed by atoms with Gasteiger partial charge >= 0.3 is 0 Å². The molecule has 0 unspecified atom stereocenters. The van der Waals surface area contributed by atoms with Crippen LogP contribution in [0.25, 0.3) is 10.2 Å². The SMILES string of the molecule is O=C(c1ccco1)N(Cc1nc2sc3c(c2c(=O)[nH]1)CCCC3)C1CCCCC1. The summed E-state index contributed by atoms with van der Waals surface area (Å²) in [6.07, 6.45) is 11.2. The van der Waals surface area contributed by atoms with E-state index in [9.17, 15) is 9.59 Å². The number of furan rings is 1. The maximum Gasteiger partial charge on any atom is 0.290 e. The van der Waals surface area contributed by atoms with Crippen LogP contribution in [0.4, 0.5) is 0 Å². The third kappa shape index (κ3) is 3.52. The van der Waals surface area contributed by atoms with Gasteiger partial charge in [0.05, 0.1) is 18.2 Å². The van der Waals surface area contributed by atoms with E-state index in [1.807, 2.05) is 4.90 Å². The maximum absolute atomic E-state index is 13.1. The first-order valence-electron chi connectivity index (χ1n) is 10.6. The summed E-state index contributed by atoms with van der Waals surface area (Å²) < 4.78 is 5.37. The molecular weight excluding hydrogens is 386 g/mol. The molecule has 0 atom stereocenters. The molecule has 6 nitrogen and oxygen atoms in total. The van der Waals surface area contributed by atoms with Crippen LogP contribution in [0.3, 0.4) is 0 Å². The van der Waals surface area contributed by atoms with E-state index in [-0.39, 0.29) is 17.5 Å². The van der Waals surface area contributed by atoms with Crippen molar-refractivity contribution in [3.05, 3.63) is 50.8 Å². The molecule has 1 saturated carbocycles. The molecule has 0 spiro atoms. The number of nitrogens with one attached hydrogen (secondary N) is 1. The first kappa shape index (κ1) is 18.6. The second-order valence-corrected chi connectivity index (χ2v) is 9.19. The van der Waals surface area contributed by atoms with Crippen molar-refractivity contribution < 1.29 is 9.21 Å². The molecule has 3 heterocycles. The van der Waals surface area contributed by atoms with Crippen molar-refractivity contribution in [2.45, 2.75) is 70.4 Å². The van der Waals surface area contributed by atoms with E-state index in [2.05, 4.69) is 4.98 Å². The quantitative estimate of drug-likeness (QED) is 0.689. The molecule has 3 aromatic heterocycles. The highest BCUT2D eigenvalue weighted by Gasteiger charge is 2.29. The van der Waals surface area contributed by atoms with E-state index in [0.717, 1.165) is 55.2 Å². The molecule has 1 fully saturated rings. The molecule has 0 saturated heterocycles. The zero-order valence-corrected chi connectivity index (χ0v) is 17.2. The number of carbonyl (C=O) groups excluding carboxylic acids is 1. The molecule has 29 heavy (non-hydrogen) atoms. The van der Waals surface area contributed by atoms with Crippen LogP contribution in [0, 0.1) is 0 Å². The molecule has 152 valence electrons. The van der Waals surface area contributed by atoms with Gasteiger partial charge < -0.3 is 14.3 Å². The summed E-state index contributed by atoms with van der Waals surface area (Å²) in [6.45, 7) is 0.304. The van der Waals surface area contributed by atoms with Crippen LogP contribution in [0.5, 0.6) is 0 Å². The van der Waals surface area contributed by atoms with Crippen molar-refractivity contribution in [2.75, 3.05) is 0 Å². The second-order valence-electron chi connectivity index (χ2n) is 8.11. The van der Waals surface area contributed by atoms with Gasteiger partial charge in [-0.25, -0.2) is 4.98 Å². The Morgan fingerprint density at radius 1 is 1.21 bits per heavy atom. The van der Waals surface area contributed by atoms with Crippen molar-refractivity contribution >= 4 is 27.5 Å². The summed E-state index contributed by atoms with van der Waals surface area (Å²) >= 11 is 1.64. The van der Waals surface area contributed by atoms with Crippen LogP contribution in [0.1, 0.15) is 71.8 Å². The van der Waals surface area contributed by atoms with Gasteiger partial charge in [0.25, 0.3) is 11.5 Å². The number of hydrogen-bond donors (Lipinski definition) is 1. The lowest BCUT2D eigenvalue weighted by molar-refractivity contribution is 0.0575. The predicted octanol–water partition coefficient (Wildman–Crippen LogP) is 4.43. The summed E-state index contributed by atoms with van der Waals surface area (Å²) in [6, 6.07) is 3.58. The lowest BCUT2D eigenvalue weighted by Gasteiger charge is -2.33. The van der Waals surface area contributed by atoms with Gasteiger partial charge in [-0.1, -0.05) is 19.3 Å². The van der Waals surface area contributed by atoms with Crippen LogP contribution in [-0.2, 0) is 19.4 Å². The number of aryl methyl sites for hydroxylation is 2. The van der Waals surface area contributed by atoms with E-state index in [1.165, 1.54) is 29.5 Å². The molecule has 0 aliphatic heterocycles. The zero-order chi connectivity index (χ0) is 19.8. The Balaban J connectivity index is 1.50. The Morgan fingerprint density at radius 2 is 2.03 bits per heavy atom. The van der Waals surface area contributed by atoms with Gasteiger partial charge in [0.1, 0.15) is 10.7 Å². The van der Waals surface area contributed by atoms with Crippen molar-refractivity contribution in [3.8, 4) is 0 Å². The highest BCUT2D eigenvalue weighted by atomic mass is 32.1. The molecular formula is C22H25N3O3S. The number of rotatable bonds is 4. The lowest BCUT2D eigenvalue weighted by atomic mass is 9.94. The molecule has 2 aliphatic carbocycles. The van der Waals surface area contributed by atoms with Crippen molar-refractivity contribution in [2.24, 2.45) is 0 Å². The molecule has 2 aliphatic rings. The zero-order valence-electron chi connectivity index (χ0n) is 16.4. The van der Waals surface area contributed by atoms with Crippen molar-refractivity contribution in [3.63, 3.8) is 0 Å². The third-order valence-corrected chi connectivity index (χ3v) is 7.39. The number of aromatic amines is 1. The minimum Gasteiger partial charge on any atom is -0.459 e. The number of amides is 1. The van der Waals surface area contributed by atoms with Gasteiger partial charge in [0.15, 0.2) is 5.76 Å². The number of H-pyrrole nitrogens is 1. The van der Waals surface area contributed by atoms with E-state index >= 15 is 0 Å². The normalized spacial score (nSPS) is 17.4. The van der Waals surface area contributed by atoms with E-state index in [0.29, 0.717) is 18.1 Å². The predicted molar refractivity (Wildman–Crippen MR) is 112 cm³/mol. The summed E-state index contributed by atoms with van der Waals surface area (Å²) in [5, 5.41) is 0.759. The molecule has 7 heteroatoms. The van der Waals surface area contributed by atoms with E-state index < -0.39 is 0 Å². The minimum atomic E-state index is -0.130. The average molecular weight is 412 g/mol. The molecule has 1 N–H and O–H groups in total. The number of nitrogens with zero attached hydrogens (tertiary/aromatic N) is 2. The first-order valence-corrected chi connectivity index (χ1v) is 11.4. The van der Waals surface area contributed by atoms with Crippen molar-refractivity contribution in [1.29, 1.82) is 0 Å². The Labute approximate surface area is 172 Å². The summed E-state index contributed by atoms with van der Waals surface area (Å²) in [5.41, 5.74) is 1.12. The maximum atomic E-state index is 13.1. The van der Waals surface area contributed by atoms with Gasteiger partial charge in [-0.2, -0.15) is 0 Å². The van der Waals surface area contributed by atoms with Gasteiger partial charge in [-0.05, 0) is 56.2 Å². The van der Waals surface area contributed by atoms with Crippen LogP contribution >= 0.6 is 11.3 Å². The fourth-order valence-corrected chi connectivity index (χ4v) is 6.03. The van der Waals surface area contributed by atoms with Crippen LogP contribution < -0.4 is 5.56 Å². The van der Waals surface area contributed by atoms with Gasteiger partial charge in [-0.3, -0.25) is 9.59 Å². The van der Waals surface area contributed by atoms with Gasteiger partial charge in [0, 0.05) is 10.9 Å². The Morgan fingerprint density at radius 3 is 2.83 bits per heavy atom. The smallest absolute Gasteiger partial charge is 0.290 e. The van der Waals surface area contributed by atoms with Crippen molar-refractivity contribution in [1.82, 2.24) is 14.9 Å². The molecule has 0 radical (unpaired) electrons. The highest BCUT2D eigenvalue weighted by molar-refractivity contribution is 7.18. The number of carbonyl (C=O) groups is 1. The Hall–Kier alpha value is -2.41. The number of fused-ring (bicyclic) bond motifs is 3. The summed E-state index contributed by atoms with van der Waals surface area (Å²) in [7, 11) is 0. The van der Waals surface area contributed by atoms with E-state index in [1.54, 1.807) is 23.5 Å². The van der Waals surface area contributed by atoms with Gasteiger partial charge in [0.2, 0.25) is 0 Å². The van der Waals surface area contributed by atoms with Crippen LogP contribution in [-0.4, -0.2) is 26.8 Å². The number of aromatic nitrogens is 2. The lowest BCUT2D eigenvalue weighted by Crippen LogP contribution is -2.41. The average Bonchev–Trinajstić information content (AvgIpc) is 3.40. The fraction of sp³-hybridized carbons (Fsp3) is 0.500.